The largest absolute Gasteiger partial charge is 0.491 e. The maximum Gasteiger partial charge on any atom is 0.123 e. The van der Waals surface area contributed by atoms with Gasteiger partial charge in [-0.1, -0.05) is 15.9 Å². The minimum atomic E-state index is 0.133. The third-order valence-corrected chi connectivity index (χ3v) is 2.15. The van der Waals surface area contributed by atoms with E-state index in [2.05, 4.69) is 22.0 Å². The van der Waals surface area contributed by atoms with Crippen LogP contribution < -0.4 is 4.74 Å². The highest BCUT2D eigenvalue weighted by Crippen LogP contribution is 2.24. The third kappa shape index (κ3) is 3.04. The molecule has 0 amide bonds. The van der Waals surface area contributed by atoms with E-state index >= 15 is 0 Å². The summed E-state index contributed by atoms with van der Waals surface area (Å²) in [6.07, 6.45) is 0.509. The number of nitrogens with zero attached hydrogens (tertiary/aromatic N) is 1. The van der Waals surface area contributed by atoms with Crippen molar-refractivity contribution in [3.63, 3.8) is 0 Å². The minimum absolute atomic E-state index is 0.133. The number of ether oxygens (including phenoxy) is 1. The molecule has 1 rings (SSSR count). The molecule has 0 saturated carbocycles. The monoisotopic (exact) mass is 253 g/mol. The average molecular weight is 254 g/mol. The summed E-state index contributed by atoms with van der Waals surface area (Å²) in [5.41, 5.74) is 0.926. The van der Waals surface area contributed by atoms with E-state index in [1.165, 1.54) is 0 Å². The van der Waals surface area contributed by atoms with Crippen LogP contribution >= 0.6 is 15.9 Å². The topological polar surface area (TPSA) is 33.0 Å². The number of benzene rings is 1. The first-order chi connectivity index (χ1) is 6.63. The second-order valence-corrected chi connectivity index (χ2v) is 4.17. The Hall–Kier alpha value is -1.01. The van der Waals surface area contributed by atoms with Crippen molar-refractivity contribution >= 4 is 15.9 Å². The van der Waals surface area contributed by atoms with Crippen LogP contribution in [-0.2, 0) is 6.42 Å². The van der Waals surface area contributed by atoms with Crippen LogP contribution in [0.2, 0.25) is 0 Å². The first-order valence-electron chi connectivity index (χ1n) is 4.45. The summed E-state index contributed by atoms with van der Waals surface area (Å²) in [6.45, 7) is 3.94. The highest BCUT2D eigenvalue weighted by atomic mass is 79.9. The van der Waals surface area contributed by atoms with E-state index in [0.29, 0.717) is 6.42 Å². The fourth-order valence-corrected chi connectivity index (χ4v) is 1.55. The fraction of sp³-hybridized carbons (Fsp3) is 0.364. The molecule has 0 atom stereocenters. The van der Waals surface area contributed by atoms with Gasteiger partial charge in [0.15, 0.2) is 0 Å². The normalized spacial score (nSPS) is 9.93. The van der Waals surface area contributed by atoms with Gasteiger partial charge in [-0.2, -0.15) is 5.26 Å². The van der Waals surface area contributed by atoms with Crippen LogP contribution in [0.15, 0.2) is 22.7 Å². The summed E-state index contributed by atoms with van der Waals surface area (Å²) in [5.74, 6) is 0.796. The van der Waals surface area contributed by atoms with Gasteiger partial charge in [-0.25, -0.2) is 0 Å². The number of halogens is 1. The van der Waals surface area contributed by atoms with Crippen molar-refractivity contribution in [2.24, 2.45) is 0 Å². The van der Waals surface area contributed by atoms with E-state index in [4.69, 9.17) is 10.00 Å². The summed E-state index contributed by atoms with van der Waals surface area (Å²) in [6, 6.07) is 7.84. The van der Waals surface area contributed by atoms with Gasteiger partial charge in [-0.15, -0.1) is 0 Å². The number of rotatable bonds is 3. The lowest BCUT2D eigenvalue weighted by Gasteiger charge is -2.12. The molecule has 0 aliphatic carbocycles. The van der Waals surface area contributed by atoms with E-state index < -0.39 is 0 Å². The Morgan fingerprint density at radius 1 is 1.50 bits per heavy atom. The minimum Gasteiger partial charge on any atom is -0.491 e. The molecule has 0 aliphatic rings. The molecule has 0 unspecified atom stereocenters. The van der Waals surface area contributed by atoms with Crippen LogP contribution in [0.5, 0.6) is 5.75 Å². The summed E-state index contributed by atoms with van der Waals surface area (Å²) in [5, 5.41) is 8.65. The van der Waals surface area contributed by atoms with Gasteiger partial charge in [-0.3, -0.25) is 0 Å². The Bertz CT molecular complexity index is 355. The van der Waals surface area contributed by atoms with Gasteiger partial charge in [0.05, 0.1) is 18.6 Å². The van der Waals surface area contributed by atoms with Crippen molar-refractivity contribution in [2.45, 2.75) is 26.4 Å². The van der Waals surface area contributed by atoms with Crippen molar-refractivity contribution in [1.82, 2.24) is 0 Å². The zero-order chi connectivity index (χ0) is 10.6. The quantitative estimate of drug-likeness (QED) is 0.829. The van der Waals surface area contributed by atoms with Crippen LogP contribution in [-0.4, -0.2) is 6.10 Å². The molecular formula is C11H12BrNO. The molecular weight excluding hydrogens is 242 g/mol. The third-order valence-electron chi connectivity index (χ3n) is 1.65. The highest BCUT2D eigenvalue weighted by molar-refractivity contribution is 9.10. The number of hydrogen-bond donors (Lipinski definition) is 0. The number of nitriles is 1. The molecule has 2 nitrogen and oxygen atoms in total. The highest BCUT2D eigenvalue weighted by Gasteiger charge is 2.05. The average Bonchev–Trinajstić information content (AvgIpc) is 2.09. The first-order valence-corrected chi connectivity index (χ1v) is 5.25. The predicted molar refractivity (Wildman–Crippen MR) is 59.2 cm³/mol. The van der Waals surface area contributed by atoms with Gasteiger partial charge in [0.25, 0.3) is 0 Å². The van der Waals surface area contributed by atoms with Gasteiger partial charge in [0.2, 0.25) is 0 Å². The summed E-state index contributed by atoms with van der Waals surface area (Å²) >= 11 is 3.37. The summed E-state index contributed by atoms with van der Waals surface area (Å²) < 4.78 is 6.55. The molecule has 0 radical (unpaired) electrons. The lowest BCUT2D eigenvalue weighted by Crippen LogP contribution is -2.07. The number of hydrogen-bond acceptors (Lipinski definition) is 2. The Kier molecular flexibility index (Phi) is 3.97. The zero-order valence-electron chi connectivity index (χ0n) is 8.25. The maximum absolute atomic E-state index is 8.65. The van der Waals surface area contributed by atoms with Gasteiger partial charge < -0.3 is 4.74 Å². The molecule has 0 heterocycles. The summed E-state index contributed by atoms with van der Waals surface area (Å²) in [4.78, 5) is 0. The second kappa shape index (κ2) is 5.02. The molecule has 1 aromatic carbocycles. The fourth-order valence-electron chi connectivity index (χ4n) is 1.14. The smallest absolute Gasteiger partial charge is 0.123 e. The van der Waals surface area contributed by atoms with Crippen molar-refractivity contribution in [3.05, 3.63) is 28.2 Å². The van der Waals surface area contributed by atoms with Crippen LogP contribution in [0.3, 0.4) is 0 Å². The second-order valence-electron chi connectivity index (χ2n) is 3.25. The van der Waals surface area contributed by atoms with Crippen molar-refractivity contribution < 1.29 is 4.74 Å². The molecule has 0 fully saturated rings. The first kappa shape index (κ1) is 11.1. The van der Waals surface area contributed by atoms with Crippen molar-refractivity contribution in [3.8, 4) is 11.8 Å². The molecule has 0 N–H and O–H groups in total. The van der Waals surface area contributed by atoms with Gasteiger partial charge in [0.1, 0.15) is 5.75 Å². The molecule has 0 spiro atoms. The lowest BCUT2D eigenvalue weighted by atomic mass is 10.1. The van der Waals surface area contributed by atoms with Crippen molar-refractivity contribution in [2.75, 3.05) is 0 Å². The van der Waals surface area contributed by atoms with Gasteiger partial charge >= 0.3 is 0 Å². The zero-order valence-corrected chi connectivity index (χ0v) is 9.84. The van der Waals surface area contributed by atoms with E-state index in [-0.39, 0.29) is 6.10 Å². The molecule has 0 aromatic heterocycles. The van der Waals surface area contributed by atoms with Gasteiger partial charge in [0, 0.05) is 10.0 Å². The standard InChI is InChI=1S/C11H12BrNO/c1-8(2)14-11-4-3-10(12)7-9(11)5-6-13/h3-4,7-8H,5H2,1-2H3. The Morgan fingerprint density at radius 3 is 2.79 bits per heavy atom. The van der Waals surface area contributed by atoms with Crippen LogP contribution in [0.1, 0.15) is 19.4 Å². The maximum atomic E-state index is 8.65. The SMILES string of the molecule is CC(C)Oc1ccc(Br)cc1CC#N. The van der Waals surface area contributed by atoms with E-state index in [1.807, 2.05) is 32.0 Å². The molecule has 0 aliphatic heterocycles. The molecule has 14 heavy (non-hydrogen) atoms. The van der Waals surface area contributed by atoms with Crippen LogP contribution in [0.4, 0.5) is 0 Å². The van der Waals surface area contributed by atoms with Crippen LogP contribution in [0, 0.1) is 11.3 Å². The molecule has 3 heteroatoms. The summed E-state index contributed by atoms with van der Waals surface area (Å²) in [7, 11) is 0. The predicted octanol–water partition coefficient (Wildman–Crippen LogP) is 3.30. The molecule has 0 saturated heterocycles. The molecule has 0 bridgehead atoms. The Balaban J connectivity index is 2.97. The Labute approximate surface area is 92.6 Å². The van der Waals surface area contributed by atoms with E-state index in [9.17, 15) is 0 Å². The Morgan fingerprint density at radius 2 is 2.21 bits per heavy atom. The molecule has 74 valence electrons. The van der Waals surface area contributed by atoms with E-state index in [0.717, 1.165) is 15.8 Å². The van der Waals surface area contributed by atoms with Crippen LogP contribution in [0.25, 0.3) is 0 Å². The van der Waals surface area contributed by atoms with Gasteiger partial charge in [-0.05, 0) is 32.0 Å². The van der Waals surface area contributed by atoms with Crippen molar-refractivity contribution in [1.29, 1.82) is 5.26 Å². The lowest BCUT2D eigenvalue weighted by molar-refractivity contribution is 0.240. The van der Waals surface area contributed by atoms with E-state index in [1.54, 1.807) is 0 Å². The molecule has 1 aromatic rings.